The SMILES string of the molecule is FC(F)(F)c1cc([B-](c2cc(C(F)(F)F)cc(C(F)(F)F)c2)(c2cc(C(F)(F)F)cc(C(F)(F)F)c2)c2cc(C(F)(F)F)cc(C(F)(F)F)c2)cc(C(F)(F)F)c1.O=C(C[n+]1cccc2cccc(C(=O)O)c21)c1ccccc1. The number of ketones is 1. The van der Waals surface area contributed by atoms with Gasteiger partial charge in [0.25, 0.3) is 0 Å². The normalized spacial score (nSPS) is 13.3. The number of Topliss-reactive ketones (excluding diaryl/α,β-unsaturated/α-hetero) is 1. The van der Waals surface area contributed by atoms with E-state index in [1.54, 1.807) is 35.0 Å². The predicted molar refractivity (Wildman–Crippen MR) is 232 cm³/mol. The first-order valence-electron chi connectivity index (χ1n) is 21.5. The number of carbonyl (C=O) groups excluding carboxylic acids is 1. The Hall–Kier alpha value is -7.75. The fourth-order valence-corrected chi connectivity index (χ4v) is 8.59. The third-order valence-electron chi connectivity index (χ3n) is 12.0. The van der Waals surface area contributed by atoms with Gasteiger partial charge in [-0.15, -0.1) is 0 Å². The van der Waals surface area contributed by atoms with Gasteiger partial charge in [-0.05, 0) is 42.5 Å². The summed E-state index contributed by atoms with van der Waals surface area (Å²) in [5, 5.41) is 10.2. The van der Waals surface area contributed by atoms with E-state index in [1.807, 2.05) is 36.4 Å². The lowest BCUT2D eigenvalue weighted by Gasteiger charge is -2.46. The van der Waals surface area contributed by atoms with Crippen LogP contribution in [0, 0.1) is 0 Å². The fraction of sp³-hybridized carbons (Fsp3) is 0.180. The number of carboxylic acids is 1. The quantitative estimate of drug-likeness (QED) is 0.0714. The van der Waals surface area contributed by atoms with Gasteiger partial charge in [-0.3, -0.25) is 4.79 Å². The van der Waals surface area contributed by atoms with Gasteiger partial charge in [-0.1, -0.05) is 84.9 Å². The van der Waals surface area contributed by atoms with Gasteiger partial charge >= 0.3 is 55.4 Å². The average Bonchev–Trinajstić information content (AvgIpc) is 3.54. The van der Waals surface area contributed by atoms with Gasteiger partial charge in [0.1, 0.15) is 11.7 Å². The number of aromatic carboxylic acids is 1. The van der Waals surface area contributed by atoms with Crippen LogP contribution in [0.2, 0.25) is 0 Å². The van der Waals surface area contributed by atoms with Crippen molar-refractivity contribution in [1.29, 1.82) is 0 Å². The molecule has 0 aliphatic rings. The molecule has 0 unspecified atom stereocenters. The minimum absolute atomic E-state index is 0.0571. The van der Waals surface area contributed by atoms with Crippen molar-refractivity contribution in [1.82, 2.24) is 0 Å². The lowest BCUT2D eigenvalue weighted by molar-refractivity contribution is -0.657. The zero-order valence-corrected chi connectivity index (χ0v) is 38.3. The largest absolute Gasteiger partial charge is 0.477 e. The summed E-state index contributed by atoms with van der Waals surface area (Å²) in [7, 11) is 0. The van der Waals surface area contributed by atoms with Crippen LogP contribution in [0.4, 0.5) is 105 Å². The highest BCUT2D eigenvalue weighted by atomic mass is 19.4. The number of carboxylic acid groups (broad SMARTS) is 1. The lowest BCUT2D eigenvalue weighted by atomic mass is 9.12. The Morgan fingerprint density at radius 1 is 0.367 bits per heavy atom. The van der Waals surface area contributed by atoms with Crippen LogP contribution in [0.5, 0.6) is 0 Å². The molecule has 6 aromatic carbocycles. The molecule has 7 rings (SSSR count). The monoisotopic (exact) mass is 1160 g/mol. The molecular formula is C50H26BF24NO3. The van der Waals surface area contributed by atoms with E-state index in [2.05, 4.69) is 0 Å². The van der Waals surface area contributed by atoms with Crippen LogP contribution >= 0.6 is 0 Å². The summed E-state index contributed by atoms with van der Waals surface area (Å²) in [6.07, 6.45) is -53.1. The topological polar surface area (TPSA) is 58.2 Å². The highest BCUT2D eigenvalue weighted by Gasteiger charge is 2.47. The van der Waals surface area contributed by atoms with E-state index < -0.39 is 201 Å². The van der Waals surface area contributed by atoms with Crippen molar-refractivity contribution in [2.75, 3.05) is 0 Å². The van der Waals surface area contributed by atoms with Gasteiger partial charge in [0.15, 0.2) is 6.20 Å². The van der Waals surface area contributed by atoms with Gasteiger partial charge in [0.2, 0.25) is 17.8 Å². The van der Waals surface area contributed by atoms with Crippen LogP contribution in [0.3, 0.4) is 0 Å². The number of rotatable bonds is 8. The summed E-state index contributed by atoms with van der Waals surface area (Å²) < 4.78 is 343. The molecule has 0 atom stereocenters. The fourth-order valence-electron chi connectivity index (χ4n) is 8.59. The first-order valence-corrected chi connectivity index (χ1v) is 21.5. The Morgan fingerprint density at radius 3 is 0.911 bits per heavy atom. The molecule has 0 aliphatic heterocycles. The highest BCUT2D eigenvalue weighted by Crippen LogP contribution is 2.41. The molecule has 79 heavy (non-hydrogen) atoms. The standard InChI is InChI=1S/C32H12BF24.C18H13NO3/c34-25(35,36)13-1-14(26(37,38)39)6-21(5-13)33(22-7-15(27(40,41)42)2-16(8-22)28(43,44)45,23-9-17(29(46,47)48)3-18(10-23)30(49,50)51)24-11-19(31(52,53)54)4-20(12-24)32(55,56)57;20-16(13-6-2-1-3-7-13)12-19-11-5-9-14-8-4-10-15(17(14)19)18(21)22/h1-12H;1-11H,12H2/q-1;/p+1. The number of pyridine rings is 1. The van der Waals surface area contributed by atoms with E-state index in [9.17, 15) is 120 Å². The number of carbonyl (C=O) groups is 2. The minimum Gasteiger partial charge on any atom is -0.477 e. The molecule has 1 heterocycles. The number of benzene rings is 6. The first-order chi connectivity index (χ1) is 35.9. The number of para-hydroxylation sites is 1. The maximum Gasteiger partial charge on any atom is 0.416 e. The van der Waals surface area contributed by atoms with Crippen LogP contribution in [-0.4, -0.2) is 23.0 Å². The highest BCUT2D eigenvalue weighted by molar-refractivity contribution is 7.20. The van der Waals surface area contributed by atoms with E-state index in [4.69, 9.17) is 0 Å². The molecule has 420 valence electrons. The second kappa shape index (κ2) is 20.8. The van der Waals surface area contributed by atoms with Crippen molar-refractivity contribution in [3.63, 3.8) is 0 Å². The van der Waals surface area contributed by atoms with E-state index in [1.165, 1.54) is 0 Å². The summed E-state index contributed by atoms with van der Waals surface area (Å²) in [5.74, 6) is -1.06. The molecule has 0 aliphatic carbocycles. The number of alkyl halides is 24. The van der Waals surface area contributed by atoms with Crippen LogP contribution in [0.15, 0.2) is 140 Å². The van der Waals surface area contributed by atoms with Crippen molar-refractivity contribution in [2.24, 2.45) is 0 Å². The number of halogens is 24. The summed E-state index contributed by atoms with van der Waals surface area (Å²) in [6, 6.07) is 8.91. The molecule has 0 spiro atoms. The van der Waals surface area contributed by atoms with Crippen LogP contribution in [0.25, 0.3) is 10.9 Å². The third kappa shape index (κ3) is 13.4. The van der Waals surface area contributed by atoms with Crippen molar-refractivity contribution in [3.8, 4) is 0 Å². The molecule has 29 heteroatoms. The number of nitrogens with zero attached hydrogens (tertiary/aromatic N) is 1. The number of fused-ring (bicyclic) bond motifs is 1. The number of hydrogen-bond donors (Lipinski definition) is 1. The maximum absolute atomic E-state index is 14.2. The van der Waals surface area contributed by atoms with Crippen LogP contribution in [-0.2, 0) is 56.0 Å². The maximum atomic E-state index is 14.2. The van der Waals surface area contributed by atoms with Crippen LogP contribution < -0.4 is 26.4 Å². The number of aromatic nitrogens is 1. The smallest absolute Gasteiger partial charge is 0.416 e. The van der Waals surface area contributed by atoms with Gasteiger partial charge in [0, 0.05) is 17.0 Å². The third-order valence-corrected chi connectivity index (χ3v) is 12.0. The van der Waals surface area contributed by atoms with Crippen molar-refractivity contribution in [2.45, 2.75) is 56.0 Å². The molecule has 7 aromatic rings. The van der Waals surface area contributed by atoms with Gasteiger partial charge in [-0.2, -0.15) is 132 Å². The summed E-state index contributed by atoms with van der Waals surface area (Å²) in [4.78, 5) is 23.8. The lowest BCUT2D eigenvalue weighted by Crippen LogP contribution is -2.75. The molecule has 0 radical (unpaired) electrons. The molecule has 0 saturated carbocycles. The zero-order valence-electron chi connectivity index (χ0n) is 38.3. The predicted octanol–water partition coefficient (Wildman–Crippen LogP) is 13.9. The summed E-state index contributed by atoms with van der Waals surface area (Å²) >= 11 is 0. The van der Waals surface area contributed by atoms with Gasteiger partial charge in [0.05, 0.1) is 44.5 Å². The van der Waals surface area contributed by atoms with Crippen molar-refractivity contribution in [3.05, 3.63) is 195 Å². The Balaban J connectivity index is 0.000000378. The van der Waals surface area contributed by atoms with E-state index >= 15 is 0 Å². The summed E-state index contributed by atoms with van der Waals surface area (Å²) in [5.41, 5.74) is -28.8. The second-order valence-electron chi connectivity index (χ2n) is 17.2. The molecule has 1 N–H and O–H groups in total. The molecule has 0 bridgehead atoms. The Morgan fingerprint density at radius 2 is 0.646 bits per heavy atom. The molecule has 0 amide bonds. The molecule has 0 fully saturated rings. The Kier molecular flexibility index (Phi) is 15.9. The van der Waals surface area contributed by atoms with E-state index in [0.29, 0.717) is 11.1 Å². The molecular weight excluding hydrogens is 1130 g/mol. The zero-order chi connectivity index (χ0) is 59.4. The summed E-state index contributed by atoms with van der Waals surface area (Å²) in [6.45, 7) is 0.103. The van der Waals surface area contributed by atoms with Crippen LogP contribution in [0.1, 0.15) is 65.2 Å². The van der Waals surface area contributed by atoms with Crippen molar-refractivity contribution >= 4 is 50.7 Å². The molecule has 4 nitrogen and oxygen atoms in total. The Labute approximate surface area is 426 Å². The average molecular weight is 1160 g/mol. The van der Waals surface area contributed by atoms with E-state index in [-0.39, 0.29) is 17.9 Å². The van der Waals surface area contributed by atoms with Gasteiger partial charge in [-0.25, -0.2) is 4.79 Å². The van der Waals surface area contributed by atoms with Gasteiger partial charge < -0.3 is 5.11 Å². The molecule has 1 aromatic heterocycles. The Bertz CT molecular complexity index is 2980. The second-order valence-corrected chi connectivity index (χ2v) is 17.2. The number of hydrogen-bond acceptors (Lipinski definition) is 2. The minimum atomic E-state index is -6.13. The first kappa shape index (κ1) is 60.5. The van der Waals surface area contributed by atoms with Crippen molar-refractivity contribution < 1.29 is 125 Å². The molecule has 0 saturated heterocycles. The van der Waals surface area contributed by atoms with E-state index in [0.717, 1.165) is 5.39 Å².